The summed E-state index contributed by atoms with van der Waals surface area (Å²) in [6, 6.07) is 4.41. The predicted octanol–water partition coefficient (Wildman–Crippen LogP) is 3.21. The summed E-state index contributed by atoms with van der Waals surface area (Å²) in [6.07, 6.45) is 1.19. The van der Waals surface area contributed by atoms with Gasteiger partial charge in [-0.3, -0.25) is 0 Å². The first-order valence-electron chi connectivity index (χ1n) is 4.69. The number of nitrogens with zero attached hydrogens (tertiary/aromatic N) is 1. The molecular weight excluding hydrogens is 249 g/mol. The van der Waals surface area contributed by atoms with Crippen molar-refractivity contribution in [2.45, 2.75) is 12.5 Å². The molecule has 0 aliphatic rings. The molecule has 1 N–H and O–H groups in total. The van der Waals surface area contributed by atoms with Crippen LogP contribution in [-0.4, -0.2) is 10.1 Å². The van der Waals surface area contributed by atoms with Gasteiger partial charge in [0.15, 0.2) is 0 Å². The molecule has 0 fully saturated rings. The lowest BCUT2D eigenvalue weighted by Gasteiger charge is -2.11. The van der Waals surface area contributed by atoms with Gasteiger partial charge in [0.25, 0.3) is 0 Å². The number of rotatable bonds is 3. The minimum Gasteiger partial charge on any atom is -0.388 e. The molecule has 1 aromatic carbocycles. The third kappa shape index (κ3) is 2.40. The largest absolute Gasteiger partial charge is 0.388 e. The van der Waals surface area contributed by atoms with Gasteiger partial charge in [0.05, 0.1) is 16.1 Å². The topological polar surface area (TPSA) is 33.1 Å². The summed E-state index contributed by atoms with van der Waals surface area (Å²) in [6.45, 7) is 0. The summed E-state index contributed by atoms with van der Waals surface area (Å²) in [7, 11) is 0. The van der Waals surface area contributed by atoms with E-state index in [-0.39, 0.29) is 5.02 Å². The van der Waals surface area contributed by atoms with Gasteiger partial charge in [0.1, 0.15) is 5.82 Å². The number of thiazole rings is 1. The summed E-state index contributed by atoms with van der Waals surface area (Å²) in [4.78, 5) is 4.06. The van der Waals surface area contributed by atoms with Gasteiger partial charge in [-0.05, 0) is 6.07 Å². The average Bonchev–Trinajstić information content (AvgIpc) is 2.74. The number of aliphatic hydroxyl groups is 1. The fourth-order valence-electron chi connectivity index (χ4n) is 1.41. The first-order chi connectivity index (χ1) is 7.68. The second kappa shape index (κ2) is 4.91. The van der Waals surface area contributed by atoms with Gasteiger partial charge in [0.2, 0.25) is 0 Å². The summed E-state index contributed by atoms with van der Waals surface area (Å²) >= 11 is 7.22. The van der Waals surface area contributed by atoms with Crippen molar-refractivity contribution in [3.63, 3.8) is 0 Å². The molecule has 84 valence electrons. The SMILES string of the molecule is OC(Cc1nccs1)c1cccc(F)c1Cl. The molecule has 2 rings (SSSR count). The molecule has 0 aliphatic heterocycles. The first-order valence-corrected chi connectivity index (χ1v) is 5.94. The quantitative estimate of drug-likeness (QED) is 0.916. The van der Waals surface area contributed by atoms with Gasteiger partial charge < -0.3 is 5.11 Å². The molecule has 0 saturated carbocycles. The van der Waals surface area contributed by atoms with E-state index < -0.39 is 11.9 Å². The number of aromatic nitrogens is 1. The Morgan fingerprint density at radius 1 is 1.50 bits per heavy atom. The molecule has 1 heterocycles. The molecule has 2 nitrogen and oxygen atoms in total. The highest BCUT2D eigenvalue weighted by Gasteiger charge is 2.15. The van der Waals surface area contributed by atoms with Gasteiger partial charge in [-0.15, -0.1) is 11.3 Å². The van der Waals surface area contributed by atoms with Crippen LogP contribution < -0.4 is 0 Å². The molecule has 0 amide bonds. The Labute approximate surface area is 101 Å². The van der Waals surface area contributed by atoms with Crippen molar-refractivity contribution in [2.24, 2.45) is 0 Å². The van der Waals surface area contributed by atoms with Crippen molar-refractivity contribution in [2.75, 3.05) is 0 Å². The third-order valence-electron chi connectivity index (χ3n) is 2.19. The van der Waals surface area contributed by atoms with Crippen molar-refractivity contribution in [1.29, 1.82) is 0 Å². The standard InChI is InChI=1S/C11H9ClFNOS/c12-11-7(2-1-3-8(11)13)9(15)6-10-14-4-5-16-10/h1-5,9,15H,6H2. The monoisotopic (exact) mass is 257 g/mol. The lowest BCUT2D eigenvalue weighted by Crippen LogP contribution is -2.03. The Morgan fingerprint density at radius 3 is 3.00 bits per heavy atom. The van der Waals surface area contributed by atoms with Crippen molar-refractivity contribution < 1.29 is 9.50 Å². The van der Waals surface area contributed by atoms with Crippen molar-refractivity contribution >= 4 is 22.9 Å². The Balaban J connectivity index is 2.21. The third-order valence-corrected chi connectivity index (χ3v) is 3.39. The maximum atomic E-state index is 13.2. The zero-order chi connectivity index (χ0) is 11.5. The molecule has 2 aromatic rings. The van der Waals surface area contributed by atoms with Crippen LogP contribution in [0.2, 0.25) is 5.02 Å². The fraction of sp³-hybridized carbons (Fsp3) is 0.182. The second-order valence-electron chi connectivity index (χ2n) is 3.29. The normalized spacial score (nSPS) is 12.7. The molecule has 16 heavy (non-hydrogen) atoms. The van der Waals surface area contributed by atoms with Crippen LogP contribution in [0, 0.1) is 5.82 Å². The number of aliphatic hydroxyl groups excluding tert-OH is 1. The highest BCUT2D eigenvalue weighted by molar-refractivity contribution is 7.09. The lowest BCUT2D eigenvalue weighted by molar-refractivity contribution is 0.178. The number of benzene rings is 1. The van der Waals surface area contributed by atoms with E-state index >= 15 is 0 Å². The van der Waals surface area contributed by atoms with E-state index in [9.17, 15) is 9.50 Å². The van der Waals surface area contributed by atoms with Gasteiger partial charge >= 0.3 is 0 Å². The molecule has 0 aliphatic carbocycles. The van der Waals surface area contributed by atoms with E-state index in [1.807, 2.05) is 5.38 Å². The van der Waals surface area contributed by atoms with E-state index in [0.717, 1.165) is 5.01 Å². The maximum absolute atomic E-state index is 13.2. The Hall–Kier alpha value is -0.970. The zero-order valence-corrected chi connectivity index (χ0v) is 9.80. The summed E-state index contributed by atoms with van der Waals surface area (Å²) in [5.41, 5.74) is 0.400. The number of hydrogen-bond acceptors (Lipinski definition) is 3. The summed E-state index contributed by atoms with van der Waals surface area (Å²) in [5, 5.41) is 12.5. The van der Waals surface area contributed by atoms with Crippen molar-refractivity contribution in [3.05, 3.63) is 51.2 Å². The van der Waals surface area contributed by atoms with Crippen LogP contribution in [0.15, 0.2) is 29.8 Å². The fourth-order valence-corrected chi connectivity index (χ4v) is 2.31. The second-order valence-corrected chi connectivity index (χ2v) is 4.65. The summed E-state index contributed by atoms with van der Waals surface area (Å²) < 4.78 is 13.2. The van der Waals surface area contributed by atoms with E-state index in [0.29, 0.717) is 12.0 Å². The van der Waals surface area contributed by atoms with Crippen LogP contribution in [0.4, 0.5) is 4.39 Å². The molecule has 0 bridgehead atoms. The molecule has 0 saturated heterocycles. The molecule has 1 atom stereocenters. The maximum Gasteiger partial charge on any atom is 0.142 e. The van der Waals surface area contributed by atoms with Crippen molar-refractivity contribution in [1.82, 2.24) is 4.98 Å². The smallest absolute Gasteiger partial charge is 0.142 e. The molecule has 0 radical (unpaired) electrons. The van der Waals surface area contributed by atoms with Crippen molar-refractivity contribution in [3.8, 4) is 0 Å². The highest BCUT2D eigenvalue weighted by Crippen LogP contribution is 2.28. The van der Waals surface area contributed by atoms with Crippen LogP contribution in [-0.2, 0) is 6.42 Å². The van der Waals surface area contributed by atoms with E-state index in [2.05, 4.69) is 4.98 Å². The average molecular weight is 258 g/mol. The highest BCUT2D eigenvalue weighted by atomic mass is 35.5. The predicted molar refractivity (Wildman–Crippen MR) is 62.2 cm³/mol. The molecule has 0 spiro atoms. The van der Waals surface area contributed by atoms with Crippen LogP contribution in [0.3, 0.4) is 0 Å². The first kappa shape index (κ1) is 11.5. The van der Waals surface area contributed by atoms with Crippen LogP contribution >= 0.6 is 22.9 Å². The van der Waals surface area contributed by atoms with Gasteiger partial charge in [0, 0.05) is 23.6 Å². The molecule has 1 unspecified atom stereocenters. The molecular formula is C11H9ClFNOS. The number of halogens is 2. The Bertz CT molecular complexity index is 475. The van der Waals surface area contributed by atoms with Gasteiger partial charge in [-0.1, -0.05) is 23.7 Å². The Kier molecular flexibility index (Phi) is 3.53. The van der Waals surface area contributed by atoms with Gasteiger partial charge in [-0.25, -0.2) is 9.37 Å². The zero-order valence-electron chi connectivity index (χ0n) is 8.23. The van der Waals surface area contributed by atoms with E-state index in [4.69, 9.17) is 11.6 Å². The van der Waals surface area contributed by atoms with E-state index in [1.54, 1.807) is 12.3 Å². The molecule has 1 aromatic heterocycles. The van der Waals surface area contributed by atoms with E-state index in [1.165, 1.54) is 23.5 Å². The minimum absolute atomic E-state index is 0.0217. The van der Waals surface area contributed by atoms with Gasteiger partial charge in [-0.2, -0.15) is 0 Å². The van der Waals surface area contributed by atoms with Crippen LogP contribution in [0.25, 0.3) is 0 Å². The minimum atomic E-state index is -0.825. The lowest BCUT2D eigenvalue weighted by atomic mass is 10.1. The van der Waals surface area contributed by atoms with Crippen LogP contribution in [0.5, 0.6) is 0 Å². The Morgan fingerprint density at radius 2 is 2.31 bits per heavy atom. The summed E-state index contributed by atoms with van der Waals surface area (Å²) in [5.74, 6) is -0.516. The molecule has 5 heteroatoms. The number of hydrogen-bond donors (Lipinski definition) is 1. The van der Waals surface area contributed by atoms with Crippen LogP contribution in [0.1, 0.15) is 16.7 Å².